The summed E-state index contributed by atoms with van der Waals surface area (Å²) in [5, 5.41) is 0. The molecule has 0 unspecified atom stereocenters. The predicted octanol–water partition coefficient (Wildman–Crippen LogP) is 2.48. The van der Waals surface area contributed by atoms with Gasteiger partial charge in [-0.2, -0.15) is 0 Å². The number of esters is 2. The Morgan fingerprint density at radius 3 is 1.00 bits per heavy atom. The van der Waals surface area contributed by atoms with Crippen LogP contribution in [0.1, 0.15) is 43.8 Å². The molecular weight excluding hydrogens is 490 g/mol. The van der Waals surface area contributed by atoms with E-state index in [-0.39, 0.29) is 35.7 Å². The minimum absolute atomic E-state index is 0.119. The van der Waals surface area contributed by atoms with E-state index in [0.29, 0.717) is 45.8 Å². The Kier molecular flexibility index (Phi) is 8.48. The van der Waals surface area contributed by atoms with Crippen molar-refractivity contribution in [3.05, 3.63) is 34.2 Å². The topological polar surface area (TPSA) is 155 Å². The molecule has 13 heteroatoms. The summed E-state index contributed by atoms with van der Waals surface area (Å²) in [6.07, 6.45) is 0.462. The smallest absolute Gasteiger partial charge is 0.358 e. The van der Waals surface area contributed by atoms with E-state index in [4.69, 9.17) is 37.9 Å². The van der Waals surface area contributed by atoms with Crippen molar-refractivity contribution in [2.24, 2.45) is 0 Å². The van der Waals surface area contributed by atoms with Gasteiger partial charge in [-0.3, -0.25) is 0 Å². The van der Waals surface area contributed by atoms with Crippen LogP contribution < -0.4 is 28.4 Å². The normalized spacial score (nSPS) is 10.6. The summed E-state index contributed by atoms with van der Waals surface area (Å²) in [5.41, 5.74) is 2.57. The number of nitrogens with one attached hydrogen (secondary N) is 3. The van der Waals surface area contributed by atoms with E-state index in [1.807, 2.05) is 0 Å². The van der Waals surface area contributed by atoms with Crippen molar-refractivity contribution in [3.63, 3.8) is 0 Å². The number of methoxy groups -OCH3 is 8. The summed E-state index contributed by atoms with van der Waals surface area (Å²) in [4.78, 5) is 33.8. The monoisotopic (exact) mass is 521 g/mol. The van der Waals surface area contributed by atoms with Crippen molar-refractivity contribution in [2.45, 2.75) is 12.8 Å². The SMILES string of the molecule is COC(=O)c1[nH]c(Cc2[nH]c(Cc3[nH]c(C(=O)OC)c(OC)c3OC)c(OC)c2OC)c(OC)c1OC. The molecule has 0 aliphatic heterocycles. The highest BCUT2D eigenvalue weighted by Gasteiger charge is 2.29. The van der Waals surface area contributed by atoms with Crippen LogP contribution in [0, 0.1) is 0 Å². The molecule has 3 rings (SSSR count). The highest BCUT2D eigenvalue weighted by atomic mass is 16.5. The lowest BCUT2D eigenvalue weighted by molar-refractivity contribution is 0.0581. The first kappa shape index (κ1) is 27.2. The zero-order chi connectivity index (χ0) is 27.3. The van der Waals surface area contributed by atoms with Crippen LogP contribution in [0.5, 0.6) is 34.5 Å². The summed E-state index contributed by atoms with van der Waals surface area (Å²) in [6.45, 7) is 0. The predicted molar refractivity (Wildman–Crippen MR) is 130 cm³/mol. The van der Waals surface area contributed by atoms with Gasteiger partial charge in [0.05, 0.1) is 79.7 Å². The number of H-pyrrole nitrogens is 3. The fourth-order valence-electron chi connectivity index (χ4n) is 4.20. The number of aromatic amines is 3. The minimum atomic E-state index is -0.604. The van der Waals surface area contributed by atoms with E-state index in [9.17, 15) is 9.59 Å². The third kappa shape index (κ3) is 4.84. The van der Waals surface area contributed by atoms with Gasteiger partial charge in [0.25, 0.3) is 0 Å². The van der Waals surface area contributed by atoms with Crippen molar-refractivity contribution in [2.75, 3.05) is 56.9 Å². The van der Waals surface area contributed by atoms with Gasteiger partial charge >= 0.3 is 11.9 Å². The van der Waals surface area contributed by atoms with Crippen LogP contribution in [-0.2, 0) is 22.3 Å². The van der Waals surface area contributed by atoms with Crippen molar-refractivity contribution in [3.8, 4) is 34.5 Å². The minimum Gasteiger partial charge on any atom is -0.491 e. The maximum absolute atomic E-state index is 12.2. The quantitative estimate of drug-likeness (QED) is 0.303. The Balaban J connectivity index is 2.08. The average molecular weight is 522 g/mol. The van der Waals surface area contributed by atoms with Gasteiger partial charge in [-0.1, -0.05) is 0 Å². The van der Waals surface area contributed by atoms with Crippen LogP contribution in [0.15, 0.2) is 0 Å². The number of rotatable bonds is 12. The molecule has 0 spiro atoms. The van der Waals surface area contributed by atoms with Gasteiger partial charge in [0.15, 0.2) is 45.9 Å². The first-order chi connectivity index (χ1) is 17.8. The molecule has 0 fully saturated rings. The van der Waals surface area contributed by atoms with Crippen LogP contribution in [-0.4, -0.2) is 83.8 Å². The summed E-state index contributed by atoms with van der Waals surface area (Å²) >= 11 is 0. The van der Waals surface area contributed by atoms with Crippen LogP contribution in [0.3, 0.4) is 0 Å². The van der Waals surface area contributed by atoms with Crippen LogP contribution >= 0.6 is 0 Å². The van der Waals surface area contributed by atoms with E-state index in [1.54, 1.807) is 0 Å². The van der Waals surface area contributed by atoms with Crippen LogP contribution in [0.4, 0.5) is 0 Å². The molecule has 3 aromatic rings. The first-order valence-electron chi connectivity index (χ1n) is 11.0. The molecule has 0 saturated carbocycles. The molecule has 0 radical (unpaired) electrons. The fourth-order valence-corrected chi connectivity index (χ4v) is 4.20. The van der Waals surface area contributed by atoms with Crippen molar-refractivity contribution in [1.82, 2.24) is 15.0 Å². The highest BCUT2D eigenvalue weighted by molar-refractivity contribution is 5.93. The molecule has 0 amide bonds. The van der Waals surface area contributed by atoms with Crippen molar-refractivity contribution in [1.29, 1.82) is 0 Å². The molecule has 0 aliphatic rings. The zero-order valence-electron chi connectivity index (χ0n) is 22.0. The highest BCUT2D eigenvalue weighted by Crippen LogP contribution is 2.43. The largest absolute Gasteiger partial charge is 0.491 e. The first-order valence-corrected chi connectivity index (χ1v) is 11.0. The molecule has 13 nitrogen and oxygen atoms in total. The number of carbonyl (C=O) groups excluding carboxylic acids is 2. The van der Waals surface area contributed by atoms with Gasteiger partial charge in [-0.15, -0.1) is 0 Å². The van der Waals surface area contributed by atoms with Gasteiger partial charge in [0.2, 0.25) is 0 Å². The molecule has 3 aromatic heterocycles. The number of carbonyl (C=O) groups is 2. The van der Waals surface area contributed by atoms with Crippen LogP contribution in [0.25, 0.3) is 0 Å². The summed E-state index contributed by atoms with van der Waals surface area (Å²) in [6, 6.07) is 0. The van der Waals surface area contributed by atoms with Crippen LogP contribution in [0.2, 0.25) is 0 Å². The van der Waals surface area contributed by atoms with E-state index in [2.05, 4.69) is 15.0 Å². The Morgan fingerprint density at radius 2 is 0.730 bits per heavy atom. The average Bonchev–Trinajstić information content (AvgIpc) is 3.57. The molecule has 202 valence electrons. The Bertz CT molecular complexity index is 1180. The second kappa shape index (κ2) is 11.5. The number of hydrogen-bond donors (Lipinski definition) is 3. The fraction of sp³-hybridized carbons (Fsp3) is 0.417. The number of ether oxygens (including phenoxy) is 8. The van der Waals surface area contributed by atoms with E-state index in [1.165, 1.54) is 56.9 Å². The zero-order valence-corrected chi connectivity index (χ0v) is 22.0. The van der Waals surface area contributed by atoms with Gasteiger partial charge < -0.3 is 52.8 Å². The maximum atomic E-state index is 12.2. The third-order valence-electron chi connectivity index (χ3n) is 5.73. The number of aromatic nitrogens is 3. The Hall–Kier alpha value is -4.42. The molecule has 3 N–H and O–H groups in total. The number of hydrogen-bond acceptors (Lipinski definition) is 10. The third-order valence-corrected chi connectivity index (χ3v) is 5.73. The molecule has 0 aliphatic carbocycles. The van der Waals surface area contributed by atoms with Gasteiger partial charge in [-0.05, 0) is 0 Å². The van der Waals surface area contributed by atoms with Crippen molar-refractivity contribution < 1.29 is 47.5 Å². The molecule has 0 bridgehead atoms. The Labute approximate surface area is 213 Å². The Morgan fingerprint density at radius 1 is 0.459 bits per heavy atom. The molecule has 3 heterocycles. The van der Waals surface area contributed by atoms with Gasteiger partial charge in [0, 0.05) is 12.8 Å². The molecule has 0 atom stereocenters. The van der Waals surface area contributed by atoms with Gasteiger partial charge in [0.1, 0.15) is 0 Å². The lowest BCUT2D eigenvalue weighted by Crippen LogP contribution is -2.04. The molecule has 0 saturated heterocycles. The second-order valence-corrected chi connectivity index (χ2v) is 7.58. The molecule has 37 heavy (non-hydrogen) atoms. The standard InChI is InChI=1S/C24H31N3O10/c1-30-17-11(9-13-19(32-3)21(34-5)15(26-13)23(28)36-7)25-12(18(17)31-2)10-14-20(33-4)22(35-6)16(27-14)24(29)37-8/h25-27H,9-10H2,1-8H3. The van der Waals surface area contributed by atoms with Gasteiger partial charge in [-0.25, -0.2) is 9.59 Å². The maximum Gasteiger partial charge on any atom is 0.358 e. The summed E-state index contributed by atoms with van der Waals surface area (Å²) in [7, 11) is 11.4. The summed E-state index contributed by atoms with van der Waals surface area (Å²) < 4.78 is 42.8. The van der Waals surface area contributed by atoms with Crippen molar-refractivity contribution >= 4 is 11.9 Å². The summed E-state index contributed by atoms with van der Waals surface area (Å²) in [5.74, 6) is 0.815. The molecular formula is C24H31N3O10. The lowest BCUT2D eigenvalue weighted by Gasteiger charge is -2.07. The van der Waals surface area contributed by atoms with E-state index < -0.39 is 11.9 Å². The lowest BCUT2D eigenvalue weighted by atomic mass is 10.2. The second-order valence-electron chi connectivity index (χ2n) is 7.58. The van der Waals surface area contributed by atoms with E-state index >= 15 is 0 Å². The molecule has 0 aromatic carbocycles. The van der Waals surface area contributed by atoms with E-state index in [0.717, 1.165) is 0 Å².